The van der Waals surface area contributed by atoms with Crippen LogP contribution in [0.4, 0.5) is 0 Å². The fourth-order valence-corrected chi connectivity index (χ4v) is 1.21. The first-order valence-corrected chi connectivity index (χ1v) is 4.25. The maximum atomic E-state index is 9.37. The molecule has 0 saturated heterocycles. The number of alkyl halides is 2. The van der Waals surface area contributed by atoms with Crippen LogP contribution in [0, 0.1) is 0 Å². The van der Waals surface area contributed by atoms with Crippen LogP contribution in [-0.4, -0.2) is 14.4 Å². The van der Waals surface area contributed by atoms with Crippen LogP contribution in [0.25, 0.3) is 0 Å². The molecular formula is C6H6Br2O. The molecule has 1 N–H and O–H groups in total. The molecule has 0 bridgehead atoms. The van der Waals surface area contributed by atoms with Gasteiger partial charge in [0.05, 0.1) is 4.83 Å². The van der Waals surface area contributed by atoms with Gasteiger partial charge in [0.15, 0.2) is 4.51 Å². The van der Waals surface area contributed by atoms with Gasteiger partial charge in [0, 0.05) is 0 Å². The molecule has 0 heterocycles. The molecule has 2 atom stereocenters. The second kappa shape index (κ2) is 2.56. The van der Waals surface area contributed by atoms with Gasteiger partial charge in [-0.15, -0.1) is 0 Å². The van der Waals surface area contributed by atoms with Crippen LogP contribution < -0.4 is 0 Å². The number of aliphatic hydroxyl groups is 1. The number of hydrogen-bond acceptors (Lipinski definition) is 1. The average Bonchev–Trinajstić information content (AvgIpc) is 1.77. The van der Waals surface area contributed by atoms with E-state index in [1.54, 1.807) is 12.2 Å². The Morgan fingerprint density at radius 2 is 2.11 bits per heavy atom. The van der Waals surface area contributed by atoms with E-state index in [1.165, 1.54) is 0 Å². The quantitative estimate of drug-likeness (QED) is 0.655. The topological polar surface area (TPSA) is 20.2 Å². The highest BCUT2D eigenvalue weighted by atomic mass is 79.9. The van der Waals surface area contributed by atoms with Gasteiger partial charge in [-0.1, -0.05) is 34.2 Å². The van der Waals surface area contributed by atoms with Crippen molar-refractivity contribution in [1.29, 1.82) is 0 Å². The van der Waals surface area contributed by atoms with Gasteiger partial charge in [-0.25, -0.2) is 0 Å². The molecule has 1 aliphatic rings. The fourth-order valence-electron chi connectivity index (χ4n) is 0.579. The predicted octanol–water partition coefficient (Wildman–Crippen LogP) is 1.96. The molecule has 0 spiro atoms. The Bertz CT molecular complexity index is 160. The minimum atomic E-state index is -0.901. The zero-order chi connectivity index (χ0) is 6.91. The smallest absolute Gasteiger partial charge is 0.154 e. The second-order valence-corrected chi connectivity index (χ2v) is 4.13. The van der Waals surface area contributed by atoms with Gasteiger partial charge in [0.1, 0.15) is 0 Å². The van der Waals surface area contributed by atoms with E-state index in [2.05, 4.69) is 31.9 Å². The predicted molar refractivity (Wildman–Crippen MR) is 44.9 cm³/mol. The summed E-state index contributed by atoms with van der Waals surface area (Å²) in [5.74, 6) is 0. The third-order valence-electron chi connectivity index (χ3n) is 1.11. The number of hydrogen-bond donors (Lipinski definition) is 1. The number of rotatable bonds is 0. The summed E-state index contributed by atoms with van der Waals surface area (Å²) < 4.78 is -0.901. The van der Waals surface area contributed by atoms with Gasteiger partial charge >= 0.3 is 0 Å². The lowest BCUT2D eigenvalue weighted by Gasteiger charge is -2.22. The highest BCUT2D eigenvalue weighted by Gasteiger charge is 2.28. The summed E-state index contributed by atoms with van der Waals surface area (Å²) in [7, 11) is 0. The van der Waals surface area contributed by atoms with Gasteiger partial charge in [-0.05, 0) is 22.0 Å². The van der Waals surface area contributed by atoms with Crippen LogP contribution in [0.1, 0.15) is 0 Å². The summed E-state index contributed by atoms with van der Waals surface area (Å²) in [6, 6.07) is 0. The van der Waals surface area contributed by atoms with E-state index >= 15 is 0 Å². The normalized spacial score (nSPS) is 41.4. The van der Waals surface area contributed by atoms with Crippen molar-refractivity contribution in [3.8, 4) is 0 Å². The molecular weight excluding hydrogens is 248 g/mol. The molecule has 1 rings (SSSR count). The standard InChI is InChI=1S/C6H6Br2O/c7-5-3-1-2-4-6(5,8)9/h1-5,9H. The molecule has 1 nitrogen and oxygen atoms in total. The molecule has 0 aromatic rings. The first-order chi connectivity index (χ1) is 4.13. The lowest BCUT2D eigenvalue weighted by Crippen LogP contribution is -2.28. The third kappa shape index (κ3) is 1.66. The van der Waals surface area contributed by atoms with Crippen LogP contribution >= 0.6 is 31.9 Å². The zero-order valence-electron chi connectivity index (χ0n) is 4.59. The Morgan fingerprint density at radius 3 is 2.44 bits per heavy atom. The molecule has 0 aliphatic heterocycles. The van der Waals surface area contributed by atoms with Crippen LogP contribution in [0.2, 0.25) is 0 Å². The summed E-state index contributed by atoms with van der Waals surface area (Å²) in [5.41, 5.74) is 0. The highest BCUT2D eigenvalue weighted by Crippen LogP contribution is 2.29. The van der Waals surface area contributed by atoms with E-state index in [0.29, 0.717) is 0 Å². The molecule has 0 aromatic heterocycles. The maximum Gasteiger partial charge on any atom is 0.154 e. The first kappa shape index (κ1) is 7.51. The monoisotopic (exact) mass is 252 g/mol. The zero-order valence-corrected chi connectivity index (χ0v) is 7.76. The Balaban J connectivity index is 2.78. The second-order valence-electron chi connectivity index (χ2n) is 1.87. The van der Waals surface area contributed by atoms with Crippen molar-refractivity contribution in [3.63, 3.8) is 0 Å². The van der Waals surface area contributed by atoms with Gasteiger partial charge in [-0.3, -0.25) is 0 Å². The van der Waals surface area contributed by atoms with Crippen molar-refractivity contribution in [3.05, 3.63) is 24.3 Å². The molecule has 3 heteroatoms. The Kier molecular flexibility index (Phi) is 2.14. The van der Waals surface area contributed by atoms with E-state index in [9.17, 15) is 5.11 Å². The summed E-state index contributed by atoms with van der Waals surface area (Å²) in [4.78, 5) is -0.0324. The largest absolute Gasteiger partial charge is 0.374 e. The lowest BCUT2D eigenvalue weighted by molar-refractivity contribution is 0.204. The summed E-state index contributed by atoms with van der Waals surface area (Å²) in [6.45, 7) is 0. The van der Waals surface area contributed by atoms with E-state index < -0.39 is 4.51 Å². The van der Waals surface area contributed by atoms with Gasteiger partial charge < -0.3 is 5.11 Å². The summed E-state index contributed by atoms with van der Waals surface area (Å²) in [5, 5.41) is 9.37. The van der Waals surface area contributed by atoms with Gasteiger partial charge in [0.2, 0.25) is 0 Å². The molecule has 50 valence electrons. The van der Waals surface area contributed by atoms with E-state index in [4.69, 9.17) is 0 Å². The molecule has 0 radical (unpaired) electrons. The molecule has 0 aromatic carbocycles. The van der Waals surface area contributed by atoms with Crippen LogP contribution in [0.15, 0.2) is 24.3 Å². The average molecular weight is 254 g/mol. The molecule has 1 aliphatic carbocycles. The first-order valence-electron chi connectivity index (χ1n) is 2.54. The van der Waals surface area contributed by atoms with Gasteiger partial charge in [0.25, 0.3) is 0 Å². The van der Waals surface area contributed by atoms with Crippen molar-refractivity contribution in [2.24, 2.45) is 0 Å². The Hall–Kier alpha value is 0.400. The summed E-state index contributed by atoms with van der Waals surface area (Å²) in [6.07, 6.45) is 7.24. The SMILES string of the molecule is OC1(Br)C=CC=CC1Br. The Labute approximate surface area is 70.7 Å². The van der Waals surface area contributed by atoms with Crippen LogP contribution in [0.3, 0.4) is 0 Å². The van der Waals surface area contributed by atoms with Crippen molar-refractivity contribution in [1.82, 2.24) is 0 Å². The van der Waals surface area contributed by atoms with E-state index in [0.717, 1.165) is 0 Å². The van der Waals surface area contributed by atoms with Crippen LogP contribution in [-0.2, 0) is 0 Å². The maximum absolute atomic E-state index is 9.37. The van der Waals surface area contributed by atoms with Gasteiger partial charge in [-0.2, -0.15) is 0 Å². The number of halogens is 2. The highest BCUT2D eigenvalue weighted by molar-refractivity contribution is 9.12. The molecule has 0 amide bonds. The lowest BCUT2D eigenvalue weighted by atomic mass is 10.1. The van der Waals surface area contributed by atoms with Crippen molar-refractivity contribution >= 4 is 31.9 Å². The number of allylic oxidation sites excluding steroid dienone is 2. The molecule has 2 unspecified atom stereocenters. The minimum absolute atomic E-state index is 0.0324. The van der Waals surface area contributed by atoms with E-state index in [1.807, 2.05) is 12.2 Å². The van der Waals surface area contributed by atoms with Crippen molar-refractivity contribution in [2.75, 3.05) is 0 Å². The van der Waals surface area contributed by atoms with Crippen molar-refractivity contribution in [2.45, 2.75) is 9.34 Å². The minimum Gasteiger partial charge on any atom is -0.374 e. The molecule has 9 heavy (non-hydrogen) atoms. The van der Waals surface area contributed by atoms with Crippen LogP contribution in [0.5, 0.6) is 0 Å². The third-order valence-corrected chi connectivity index (χ3v) is 3.48. The fraction of sp³-hybridized carbons (Fsp3) is 0.333. The molecule has 0 fully saturated rings. The van der Waals surface area contributed by atoms with E-state index in [-0.39, 0.29) is 4.83 Å². The summed E-state index contributed by atoms with van der Waals surface area (Å²) >= 11 is 6.40. The molecule has 0 saturated carbocycles. The Morgan fingerprint density at radius 1 is 1.44 bits per heavy atom. The van der Waals surface area contributed by atoms with Crippen molar-refractivity contribution < 1.29 is 5.11 Å².